The highest BCUT2D eigenvalue weighted by atomic mass is 35.5. The Morgan fingerprint density at radius 1 is 1.59 bits per heavy atom. The highest BCUT2D eigenvalue weighted by Gasteiger charge is 2.20. The van der Waals surface area contributed by atoms with E-state index in [0.29, 0.717) is 6.42 Å². The zero-order chi connectivity index (χ0) is 13.1. The van der Waals surface area contributed by atoms with Crippen molar-refractivity contribution in [2.24, 2.45) is 0 Å². The minimum Gasteiger partial charge on any atom is -0.388 e. The van der Waals surface area contributed by atoms with Crippen LogP contribution in [0.3, 0.4) is 0 Å². The lowest BCUT2D eigenvalue weighted by atomic mass is 10.0. The first kappa shape index (κ1) is 14.2. The minimum atomic E-state index is -0.932. The number of nitrogens with zero attached hydrogens (tertiary/aromatic N) is 1. The van der Waals surface area contributed by atoms with Gasteiger partial charge in [-0.3, -0.25) is 4.79 Å². The molecule has 17 heavy (non-hydrogen) atoms. The molecule has 0 radical (unpaired) electrons. The molecule has 1 amide bonds. The number of halogens is 2. The van der Waals surface area contributed by atoms with Crippen LogP contribution < -0.4 is 5.32 Å². The number of pyridine rings is 1. The van der Waals surface area contributed by atoms with Crippen LogP contribution in [0, 0.1) is 0 Å². The third kappa shape index (κ3) is 4.15. The van der Waals surface area contributed by atoms with Crippen molar-refractivity contribution in [1.29, 1.82) is 0 Å². The Bertz CT molecular complexity index is 422. The van der Waals surface area contributed by atoms with E-state index in [0.717, 1.165) is 0 Å². The van der Waals surface area contributed by atoms with Gasteiger partial charge in [-0.25, -0.2) is 4.98 Å². The third-order valence-corrected chi connectivity index (χ3v) is 2.97. The van der Waals surface area contributed by atoms with E-state index in [1.807, 2.05) is 6.92 Å². The van der Waals surface area contributed by atoms with Crippen molar-refractivity contribution in [3.8, 4) is 0 Å². The summed E-state index contributed by atoms with van der Waals surface area (Å²) < 4.78 is 0. The van der Waals surface area contributed by atoms with E-state index in [1.54, 1.807) is 6.92 Å². The van der Waals surface area contributed by atoms with E-state index in [4.69, 9.17) is 23.2 Å². The average Bonchev–Trinajstić information content (AvgIpc) is 2.29. The van der Waals surface area contributed by atoms with Crippen LogP contribution in [0.15, 0.2) is 12.3 Å². The molecule has 4 nitrogen and oxygen atoms in total. The number of carbonyl (C=O) groups is 1. The zero-order valence-electron chi connectivity index (χ0n) is 9.63. The number of amides is 1. The SMILES string of the molecule is CCC(C)(O)CNC(=O)c1cc(Cl)ncc1Cl. The summed E-state index contributed by atoms with van der Waals surface area (Å²) in [7, 11) is 0. The van der Waals surface area contributed by atoms with Gasteiger partial charge in [0.25, 0.3) is 5.91 Å². The molecule has 0 aliphatic carbocycles. The molecule has 0 spiro atoms. The van der Waals surface area contributed by atoms with E-state index in [9.17, 15) is 9.90 Å². The normalized spacial score (nSPS) is 14.2. The molecule has 1 atom stereocenters. The van der Waals surface area contributed by atoms with Gasteiger partial charge in [-0.2, -0.15) is 0 Å². The quantitative estimate of drug-likeness (QED) is 0.830. The van der Waals surface area contributed by atoms with Gasteiger partial charge >= 0.3 is 0 Å². The van der Waals surface area contributed by atoms with Gasteiger partial charge in [0.15, 0.2) is 0 Å². The topological polar surface area (TPSA) is 62.2 Å². The summed E-state index contributed by atoms with van der Waals surface area (Å²) in [5, 5.41) is 12.8. The maximum Gasteiger partial charge on any atom is 0.253 e. The van der Waals surface area contributed by atoms with Crippen LogP contribution in [0.1, 0.15) is 30.6 Å². The Balaban J connectivity index is 2.74. The molecule has 1 rings (SSSR count). The van der Waals surface area contributed by atoms with Crippen LogP contribution in [-0.2, 0) is 0 Å². The van der Waals surface area contributed by atoms with Crippen molar-refractivity contribution in [3.63, 3.8) is 0 Å². The Hall–Kier alpha value is -0.840. The highest BCUT2D eigenvalue weighted by molar-refractivity contribution is 6.35. The van der Waals surface area contributed by atoms with Crippen LogP contribution in [0.2, 0.25) is 10.2 Å². The minimum absolute atomic E-state index is 0.151. The number of hydrogen-bond acceptors (Lipinski definition) is 3. The molecule has 0 aliphatic heterocycles. The molecule has 1 aromatic heterocycles. The predicted octanol–water partition coefficient (Wildman–Crippen LogP) is 2.28. The van der Waals surface area contributed by atoms with Crippen LogP contribution in [-0.4, -0.2) is 28.1 Å². The summed E-state index contributed by atoms with van der Waals surface area (Å²) in [6, 6.07) is 1.39. The summed E-state index contributed by atoms with van der Waals surface area (Å²) >= 11 is 11.5. The molecule has 1 unspecified atom stereocenters. The third-order valence-electron chi connectivity index (χ3n) is 2.46. The number of carbonyl (C=O) groups excluding carboxylic acids is 1. The number of rotatable bonds is 4. The van der Waals surface area contributed by atoms with Crippen LogP contribution in [0.4, 0.5) is 0 Å². The van der Waals surface area contributed by atoms with Gasteiger partial charge in [0, 0.05) is 12.7 Å². The van der Waals surface area contributed by atoms with Gasteiger partial charge in [0.1, 0.15) is 5.15 Å². The first-order chi connectivity index (χ1) is 7.85. The number of hydrogen-bond donors (Lipinski definition) is 2. The van der Waals surface area contributed by atoms with Crippen molar-refractivity contribution in [1.82, 2.24) is 10.3 Å². The first-order valence-corrected chi connectivity index (χ1v) is 5.93. The molecule has 0 saturated carbocycles. The molecule has 2 N–H and O–H groups in total. The van der Waals surface area contributed by atoms with Crippen molar-refractivity contribution in [2.75, 3.05) is 6.54 Å². The van der Waals surface area contributed by atoms with Gasteiger partial charge in [0.05, 0.1) is 16.2 Å². The maximum absolute atomic E-state index is 11.8. The van der Waals surface area contributed by atoms with Crippen LogP contribution >= 0.6 is 23.2 Å². The Kier molecular flexibility index (Phi) is 4.74. The summed E-state index contributed by atoms with van der Waals surface area (Å²) in [5.41, 5.74) is -0.683. The molecular weight excluding hydrogens is 263 g/mol. The fraction of sp³-hybridized carbons (Fsp3) is 0.455. The Morgan fingerprint density at radius 3 is 2.82 bits per heavy atom. The van der Waals surface area contributed by atoms with E-state index in [2.05, 4.69) is 10.3 Å². The zero-order valence-corrected chi connectivity index (χ0v) is 11.1. The van der Waals surface area contributed by atoms with E-state index >= 15 is 0 Å². The second-order valence-corrected chi connectivity index (χ2v) is 4.81. The number of aromatic nitrogens is 1. The predicted molar refractivity (Wildman–Crippen MR) is 67.5 cm³/mol. The summed E-state index contributed by atoms with van der Waals surface area (Å²) in [6.07, 6.45) is 1.86. The van der Waals surface area contributed by atoms with Gasteiger partial charge in [-0.1, -0.05) is 30.1 Å². The van der Waals surface area contributed by atoms with E-state index < -0.39 is 5.60 Å². The Morgan fingerprint density at radius 2 is 2.24 bits per heavy atom. The molecule has 6 heteroatoms. The summed E-state index contributed by atoms with van der Waals surface area (Å²) in [4.78, 5) is 15.5. The lowest BCUT2D eigenvalue weighted by molar-refractivity contribution is 0.0518. The standard InChI is InChI=1S/C11H14Cl2N2O2/c1-3-11(2,17)6-15-10(16)7-4-9(13)14-5-8(7)12/h4-5,17H,3,6H2,1-2H3,(H,15,16). The highest BCUT2D eigenvalue weighted by Crippen LogP contribution is 2.18. The average molecular weight is 277 g/mol. The number of aliphatic hydroxyl groups is 1. The van der Waals surface area contributed by atoms with Gasteiger partial charge in [0.2, 0.25) is 0 Å². The van der Waals surface area contributed by atoms with Crippen molar-refractivity contribution in [3.05, 3.63) is 28.0 Å². The van der Waals surface area contributed by atoms with E-state index in [1.165, 1.54) is 12.3 Å². The smallest absolute Gasteiger partial charge is 0.253 e. The largest absolute Gasteiger partial charge is 0.388 e. The second kappa shape index (κ2) is 5.67. The number of nitrogens with one attached hydrogen (secondary N) is 1. The monoisotopic (exact) mass is 276 g/mol. The lowest BCUT2D eigenvalue weighted by Gasteiger charge is -2.21. The molecule has 0 aliphatic rings. The molecule has 0 bridgehead atoms. The van der Waals surface area contributed by atoms with E-state index in [-0.39, 0.29) is 28.2 Å². The fourth-order valence-electron chi connectivity index (χ4n) is 1.08. The second-order valence-electron chi connectivity index (χ2n) is 4.02. The summed E-state index contributed by atoms with van der Waals surface area (Å²) in [5.74, 6) is -0.381. The molecular formula is C11H14Cl2N2O2. The Labute approximate surface area is 110 Å². The fourth-order valence-corrected chi connectivity index (χ4v) is 1.43. The molecule has 1 aromatic rings. The van der Waals surface area contributed by atoms with Crippen LogP contribution in [0.25, 0.3) is 0 Å². The molecule has 1 heterocycles. The molecule has 0 aromatic carbocycles. The molecule has 0 fully saturated rings. The van der Waals surface area contributed by atoms with Crippen molar-refractivity contribution in [2.45, 2.75) is 25.9 Å². The van der Waals surface area contributed by atoms with Gasteiger partial charge in [-0.05, 0) is 19.4 Å². The van der Waals surface area contributed by atoms with Gasteiger partial charge < -0.3 is 10.4 Å². The summed E-state index contributed by atoms with van der Waals surface area (Å²) in [6.45, 7) is 3.63. The van der Waals surface area contributed by atoms with Crippen molar-refractivity contribution >= 4 is 29.1 Å². The van der Waals surface area contributed by atoms with Gasteiger partial charge in [-0.15, -0.1) is 0 Å². The van der Waals surface area contributed by atoms with Crippen LogP contribution in [0.5, 0.6) is 0 Å². The molecule has 0 saturated heterocycles. The molecule has 94 valence electrons. The lowest BCUT2D eigenvalue weighted by Crippen LogP contribution is -2.40. The first-order valence-electron chi connectivity index (χ1n) is 5.17. The van der Waals surface area contributed by atoms with Crippen molar-refractivity contribution < 1.29 is 9.90 Å². The maximum atomic E-state index is 11.8.